The van der Waals surface area contributed by atoms with E-state index in [1.54, 1.807) is 17.6 Å². The number of nitrogens with one attached hydrogen (secondary N) is 1. The summed E-state index contributed by atoms with van der Waals surface area (Å²) in [6.07, 6.45) is 2.03. The molecule has 3 rings (SSSR count). The number of hydrogen-bond donors (Lipinski definition) is 1. The number of rotatable bonds is 4. The van der Waals surface area contributed by atoms with E-state index >= 15 is 0 Å². The van der Waals surface area contributed by atoms with Gasteiger partial charge in [-0.15, -0.1) is 11.3 Å². The van der Waals surface area contributed by atoms with Gasteiger partial charge in [-0.25, -0.2) is 5.43 Å². The van der Waals surface area contributed by atoms with E-state index < -0.39 is 0 Å². The molecule has 4 heteroatoms. The van der Waals surface area contributed by atoms with Gasteiger partial charge in [0, 0.05) is 4.88 Å². The average molecular weight is 294 g/mol. The second kappa shape index (κ2) is 6.33. The van der Waals surface area contributed by atoms with Crippen molar-refractivity contribution in [3.05, 3.63) is 70.4 Å². The SMILES string of the molecule is O=C(Cc1cccs1)N/N=C/c1ccc2ccccc2c1. The zero-order valence-electron chi connectivity index (χ0n) is 11.3. The van der Waals surface area contributed by atoms with Gasteiger partial charge in [0.1, 0.15) is 0 Å². The van der Waals surface area contributed by atoms with Crippen LogP contribution in [0.1, 0.15) is 10.4 Å². The fourth-order valence-corrected chi connectivity index (χ4v) is 2.78. The molecular weight excluding hydrogens is 280 g/mol. The number of amides is 1. The van der Waals surface area contributed by atoms with Gasteiger partial charge in [-0.2, -0.15) is 5.10 Å². The molecule has 3 nitrogen and oxygen atoms in total. The summed E-state index contributed by atoms with van der Waals surface area (Å²) < 4.78 is 0. The Hall–Kier alpha value is -2.46. The minimum atomic E-state index is -0.102. The number of fused-ring (bicyclic) bond motifs is 1. The van der Waals surface area contributed by atoms with Crippen LogP contribution in [-0.2, 0) is 11.2 Å². The van der Waals surface area contributed by atoms with Crippen molar-refractivity contribution in [1.29, 1.82) is 0 Å². The monoisotopic (exact) mass is 294 g/mol. The summed E-state index contributed by atoms with van der Waals surface area (Å²) in [6.45, 7) is 0. The minimum absolute atomic E-state index is 0.102. The average Bonchev–Trinajstić information content (AvgIpc) is 3.00. The Morgan fingerprint density at radius 3 is 2.76 bits per heavy atom. The second-order valence-electron chi connectivity index (χ2n) is 4.66. The van der Waals surface area contributed by atoms with Crippen molar-refractivity contribution in [3.63, 3.8) is 0 Å². The summed E-state index contributed by atoms with van der Waals surface area (Å²) in [4.78, 5) is 12.7. The van der Waals surface area contributed by atoms with Crippen LogP contribution in [0.2, 0.25) is 0 Å². The largest absolute Gasteiger partial charge is 0.273 e. The van der Waals surface area contributed by atoms with Gasteiger partial charge < -0.3 is 0 Å². The van der Waals surface area contributed by atoms with Crippen LogP contribution in [0.5, 0.6) is 0 Å². The summed E-state index contributed by atoms with van der Waals surface area (Å²) in [7, 11) is 0. The number of benzene rings is 2. The summed E-state index contributed by atoms with van der Waals surface area (Å²) >= 11 is 1.57. The third-order valence-corrected chi connectivity index (χ3v) is 3.97. The Labute approximate surface area is 126 Å². The maximum absolute atomic E-state index is 11.7. The molecule has 0 saturated heterocycles. The highest BCUT2D eigenvalue weighted by molar-refractivity contribution is 7.10. The van der Waals surface area contributed by atoms with Crippen LogP contribution in [0.4, 0.5) is 0 Å². The van der Waals surface area contributed by atoms with Crippen molar-refractivity contribution >= 4 is 34.2 Å². The van der Waals surface area contributed by atoms with E-state index in [1.165, 1.54) is 5.39 Å². The van der Waals surface area contributed by atoms with Crippen LogP contribution in [-0.4, -0.2) is 12.1 Å². The van der Waals surface area contributed by atoms with Crippen molar-refractivity contribution in [2.75, 3.05) is 0 Å². The smallest absolute Gasteiger partial charge is 0.245 e. The van der Waals surface area contributed by atoms with E-state index in [9.17, 15) is 4.79 Å². The Morgan fingerprint density at radius 1 is 1.10 bits per heavy atom. The summed E-state index contributed by atoms with van der Waals surface area (Å²) in [6, 6.07) is 18.1. The number of hydrogen-bond acceptors (Lipinski definition) is 3. The lowest BCUT2D eigenvalue weighted by Crippen LogP contribution is -2.19. The fourth-order valence-electron chi connectivity index (χ4n) is 2.08. The van der Waals surface area contributed by atoms with Gasteiger partial charge in [0.05, 0.1) is 12.6 Å². The molecule has 1 heterocycles. The van der Waals surface area contributed by atoms with Crippen molar-refractivity contribution in [2.24, 2.45) is 5.10 Å². The molecule has 0 aliphatic heterocycles. The first-order valence-electron chi connectivity index (χ1n) is 6.64. The molecule has 1 N–H and O–H groups in total. The first-order chi connectivity index (χ1) is 10.3. The molecule has 0 spiro atoms. The molecule has 1 amide bonds. The molecule has 104 valence electrons. The third kappa shape index (κ3) is 3.55. The molecule has 0 aliphatic carbocycles. The molecular formula is C17H14N2OS. The number of carbonyl (C=O) groups is 1. The van der Waals surface area contributed by atoms with Gasteiger partial charge in [0.25, 0.3) is 0 Å². The van der Waals surface area contributed by atoms with Crippen LogP contribution < -0.4 is 5.43 Å². The molecule has 2 aromatic carbocycles. The van der Waals surface area contributed by atoms with E-state index in [0.29, 0.717) is 6.42 Å². The predicted molar refractivity (Wildman–Crippen MR) is 87.7 cm³/mol. The highest BCUT2D eigenvalue weighted by Crippen LogP contribution is 2.14. The highest BCUT2D eigenvalue weighted by Gasteiger charge is 2.02. The minimum Gasteiger partial charge on any atom is -0.273 e. The molecule has 0 unspecified atom stereocenters. The lowest BCUT2D eigenvalue weighted by molar-refractivity contribution is -0.120. The molecule has 0 aliphatic rings. The lowest BCUT2D eigenvalue weighted by atomic mass is 10.1. The van der Waals surface area contributed by atoms with Crippen LogP contribution >= 0.6 is 11.3 Å². The molecule has 0 radical (unpaired) electrons. The van der Waals surface area contributed by atoms with Gasteiger partial charge in [-0.3, -0.25) is 4.79 Å². The van der Waals surface area contributed by atoms with E-state index in [1.807, 2.05) is 47.8 Å². The maximum atomic E-state index is 11.7. The van der Waals surface area contributed by atoms with Crippen molar-refractivity contribution in [1.82, 2.24) is 5.43 Å². The van der Waals surface area contributed by atoms with E-state index in [2.05, 4.69) is 22.7 Å². The van der Waals surface area contributed by atoms with Crippen LogP contribution in [0.15, 0.2) is 65.1 Å². The van der Waals surface area contributed by atoms with Crippen LogP contribution in [0.3, 0.4) is 0 Å². The highest BCUT2D eigenvalue weighted by atomic mass is 32.1. The predicted octanol–water partition coefficient (Wildman–Crippen LogP) is 3.59. The van der Waals surface area contributed by atoms with Gasteiger partial charge in [0.15, 0.2) is 0 Å². The zero-order valence-corrected chi connectivity index (χ0v) is 12.1. The summed E-state index contributed by atoms with van der Waals surface area (Å²) in [5, 5.41) is 8.32. The Kier molecular flexibility index (Phi) is 4.07. The van der Waals surface area contributed by atoms with E-state index in [0.717, 1.165) is 15.8 Å². The van der Waals surface area contributed by atoms with Gasteiger partial charge in [-0.05, 0) is 33.8 Å². The topological polar surface area (TPSA) is 41.5 Å². The van der Waals surface area contributed by atoms with Crippen molar-refractivity contribution in [3.8, 4) is 0 Å². The molecule has 0 fully saturated rings. The molecule has 1 aromatic heterocycles. The van der Waals surface area contributed by atoms with E-state index in [4.69, 9.17) is 0 Å². The molecule has 0 bridgehead atoms. The summed E-state index contributed by atoms with van der Waals surface area (Å²) in [5.74, 6) is -0.102. The van der Waals surface area contributed by atoms with Crippen molar-refractivity contribution in [2.45, 2.75) is 6.42 Å². The molecule has 3 aromatic rings. The van der Waals surface area contributed by atoms with E-state index in [-0.39, 0.29) is 5.91 Å². The standard InChI is InChI=1S/C17H14N2OS/c20-17(11-16-6-3-9-21-16)19-18-12-13-7-8-14-4-1-2-5-15(14)10-13/h1-10,12H,11H2,(H,19,20)/b18-12+. The Bertz CT molecular complexity index is 778. The maximum Gasteiger partial charge on any atom is 0.245 e. The molecule has 0 atom stereocenters. The van der Waals surface area contributed by atoms with Crippen LogP contribution in [0, 0.1) is 0 Å². The first kappa shape index (κ1) is 13.5. The Morgan fingerprint density at radius 2 is 1.95 bits per heavy atom. The Balaban J connectivity index is 1.63. The fraction of sp³-hybridized carbons (Fsp3) is 0.0588. The van der Waals surface area contributed by atoms with Gasteiger partial charge in [-0.1, -0.05) is 42.5 Å². The third-order valence-electron chi connectivity index (χ3n) is 3.09. The normalized spacial score (nSPS) is 11.0. The second-order valence-corrected chi connectivity index (χ2v) is 5.69. The van der Waals surface area contributed by atoms with Crippen LogP contribution in [0.25, 0.3) is 10.8 Å². The number of carbonyl (C=O) groups excluding carboxylic acids is 1. The number of nitrogens with zero attached hydrogens (tertiary/aromatic N) is 1. The quantitative estimate of drug-likeness (QED) is 0.580. The lowest BCUT2D eigenvalue weighted by Gasteiger charge is -2.00. The molecule has 21 heavy (non-hydrogen) atoms. The van der Waals surface area contributed by atoms with Crippen molar-refractivity contribution < 1.29 is 4.79 Å². The molecule has 0 saturated carbocycles. The zero-order chi connectivity index (χ0) is 14.5. The summed E-state index contributed by atoms with van der Waals surface area (Å²) in [5.41, 5.74) is 3.52. The van der Waals surface area contributed by atoms with Gasteiger partial charge in [0.2, 0.25) is 5.91 Å². The first-order valence-corrected chi connectivity index (χ1v) is 7.52. The van der Waals surface area contributed by atoms with Gasteiger partial charge >= 0.3 is 0 Å². The number of thiophene rings is 1. The number of hydrazone groups is 1.